The zero-order chi connectivity index (χ0) is 16.1. The summed E-state index contributed by atoms with van der Waals surface area (Å²) < 4.78 is 1.38. The Hall–Kier alpha value is -2.67. The first-order chi connectivity index (χ1) is 10.5. The molecule has 0 unspecified atom stereocenters. The van der Waals surface area contributed by atoms with Gasteiger partial charge in [0.2, 0.25) is 5.82 Å². The van der Waals surface area contributed by atoms with Gasteiger partial charge in [-0.1, -0.05) is 12.1 Å². The third kappa shape index (κ3) is 3.50. The van der Waals surface area contributed by atoms with E-state index in [9.17, 15) is 10.1 Å². The van der Waals surface area contributed by atoms with E-state index in [2.05, 4.69) is 4.98 Å². The number of hydrogen-bond donors (Lipinski definition) is 1. The Kier molecular flexibility index (Phi) is 4.90. The van der Waals surface area contributed by atoms with Crippen LogP contribution in [0.5, 0.6) is 0 Å². The van der Waals surface area contributed by atoms with Gasteiger partial charge in [0.15, 0.2) is 0 Å². The van der Waals surface area contributed by atoms with Crippen molar-refractivity contribution in [1.82, 2.24) is 9.55 Å². The van der Waals surface area contributed by atoms with Gasteiger partial charge in [-0.2, -0.15) is 0 Å². The van der Waals surface area contributed by atoms with Crippen LogP contribution in [0.15, 0.2) is 30.5 Å². The van der Waals surface area contributed by atoms with Crippen molar-refractivity contribution in [3.8, 4) is 0 Å². The van der Waals surface area contributed by atoms with Crippen LogP contribution in [0, 0.1) is 10.1 Å². The molecule has 0 radical (unpaired) electrons. The molecule has 0 fully saturated rings. The quantitative estimate of drug-likeness (QED) is 0.652. The van der Waals surface area contributed by atoms with Crippen molar-refractivity contribution < 1.29 is 10.0 Å². The van der Waals surface area contributed by atoms with Gasteiger partial charge in [-0.05, 0) is 28.7 Å². The Morgan fingerprint density at radius 2 is 2.00 bits per heavy atom. The Labute approximate surface area is 128 Å². The van der Waals surface area contributed by atoms with E-state index >= 15 is 0 Å². The van der Waals surface area contributed by atoms with Crippen LogP contribution >= 0.6 is 0 Å². The van der Waals surface area contributed by atoms with Gasteiger partial charge >= 0.3 is 5.82 Å². The maximum absolute atomic E-state index is 10.9. The average molecular weight is 302 g/mol. The highest BCUT2D eigenvalue weighted by Crippen LogP contribution is 2.17. The van der Waals surface area contributed by atoms with Crippen molar-refractivity contribution in [2.45, 2.75) is 6.54 Å². The second kappa shape index (κ2) is 6.86. The number of aliphatic hydroxyl groups is 1. The zero-order valence-electron chi connectivity index (χ0n) is 12.5. The Morgan fingerprint density at radius 1 is 1.32 bits per heavy atom. The molecule has 0 amide bonds. The minimum absolute atomic E-state index is 0.128. The van der Waals surface area contributed by atoms with Crippen molar-refractivity contribution in [1.29, 1.82) is 0 Å². The third-order valence-electron chi connectivity index (χ3n) is 3.21. The Balaban J connectivity index is 2.24. The summed E-state index contributed by atoms with van der Waals surface area (Å²) in [5, 5.41) is 20.0. The molecule has 1 aromatic carbocycles. The molecule has 1 heterocycles. The normalized spacial score (nSPS) is 11.0. The predicted octanol–water partition coefficient (Wildman–Crippen LogP) is 2.02. The summed E-state index contributed by atoms with van der Waals surface area (Å²) in [7, 11) is 3.94. The molecule has 22 heavy (non-hydrogen) atoms. The summed E-state index contributed by atoms with van der Waals surface area (Å²) in [4.78, 5) is 16.4. The van der Waals surface area contributed by atoms with E-state index in [1.807, 2.05) is 49.3 Å². The van der Waals surface area contributed by atoms with E-state index in [0.717, 1.165) is 11.3 Å². The highest BCUT2D eigenvalue weighted by molar-refractivity contribution is 5.68. The molecule has 0 bridgehead atoms. The van der Waals surface area contributed by atoms with Gasteiger partial charge in [0.25, 0.3) is 0 Å². The summed E-state index contributed by atoms with van der Waals surface area (Å²) >= 11 is 0. The molecule has 0 saturated carbocycles. The highest BCUT2D eigenvalue weighted by Gasteiger charge is 2.17. The SMILES string of the molecule is CN(C)c1ccc(/C=C/c2ncc([N+](=O)[O-])n2CCO)cc1. The summed E-state index contributed by atoms with van der Waals surface area (Å²) in [6, 6.07) is 7.89. The van der Waals surface area contributed by atoms with Crippen molar-refractivity contribution >= 4 is 23.7 Å². The lowest BCUT2D eigenvalue weighted by Gasteiger charge is -2.11. The second-order valence-electron chi connectivity index (χ2n) is 4.93. The lowest BCUT2D eigenvalue weighted by Crippen LogP contribution is -2.08. The molecule has 7 heteroatoms. The standard InChI is InChI=1S/C15H18N4O3/c1-17(2)13-6-3-12(4-7-13)5-8-14-16-11-15(19(21)22)18(14)9-10-20/h3-8,11,20H,9-10H2,1-2H3/b8-5+. The molecule has 1 aromatic heterocycles. The van der Waals surface area contributed by atoms with Gasteiger partial charge in [-0.25, -0.2) is 9.55 Å². The molecular formula is C15H18N4O3. The van der Waals surface area contributed by atoms with Gasteiger partial charge in [0.1, 0.15) is 12.7 Å². The topological polar surface area (TPSA) is 84.4 Å². The number of imidazole rings is 1. The molecule has 1 N–H and O–H groups in total. The molecule has 116 valence electrons. The number of benzene rings is 1. The average Bonchev–Trinajstić information content (AvgIpc) is 2.89. The number of hydrogen-bond acceptors (Lipinski definition) is 5. The van der Waals surface area contributed by atoms with Crippen LogP contribution < -0.4 is 4.90 Å². The van der Waals surface area contributed by atoms with Crippen LogP contribution in [0.3, 0.4) is 0 Å². The molecule has 0 atom stereocenters. The molecule has 0 aliphatic carbocycles. The van der Waals surface area contributed by atoms with Crippen molar-refractivity contribution in [3.05, 3.63) is 52.0 Å². The van der Waals surface area contributed by atoms with Crippen LogP contribution in [0.2, 0.25) is 0 Å². The van der Waals surface area contributed by atoms with Crippen molar-refractivity contribution in [2.24, 2.45) is 0 Å². The lowest BCUT2D eigenvalue weighted by atomic mass is 10.2. The summed E-state index contributed by atoms with van der Waals surface area (Å²) in [6.07, 6.45) is 4.73. The van der Waals surface area contributed by atoms with Crippen LogP contribution in [-0.4, -0.2) is 40.3 Å². The first-order valence-corrected chi connectivity index (χ1v) is 6.79. The number of anilines is 1. The Morgan fingerprint density at radius 3 is 2.55 bits per heavy atom. The Bertz CT molecular complexity index is 675. The summed E-state index contributed by atoms with van der Waals surface area (Å²) in [6.45, 7) is -0.0505. The molecule has 7 nitrogen and oxygen atoms in total. The fraction of sp³-hybridized carbons (Fsp3) is 0.267. The smallest absolute Gasteiger partial charge is 0.343 e. The van der Waals surface area contributed by atoms with Crippen LogP contribution in [0.4, 0.5) is 11.5 Å². The van der Waals surface area contributed by atoms with Crippen LogP contribution in [0.25, 0.3) is 12.2 Å². The fourth-order valence-electron chi connectivity index (χ4n) is 2.04. The molecule has 0 aliphatic rings. The zero-order valence-corrected chi connectivity index (χ0v) is 12.5. The maximum atomic E-state index is 10.9. The van der Waals surface area contributed by atoms with Crippen molar-refractivity contribution in [2.75, 3.05) is 25.6 Å². The maximum Gasteiger partial charge on any atom is 0.343 e. The predicted molar refractivity (Wildman–Crippen MR) is 85.7 cm³/mol. The molecule has 0 saturated heterocycles. The highest BCUT2D eigenvalue weighted by atomic mass is 16.6. The lowest BCUT2D eigenvalue weighted by molar-refractivity contribution is -0.392. The number of rotatable bonds is 6. The van der Waals surface area contributed by atoms with Crippen LogP contribution in [-0.2, 0) is 6.54 Å². The number of aliphatic hydroxyl groups excluding tert-OH is 1. The largest absolute Gasteiger partial charge is 0.392 e. The van der Waals surface area contributed by atoms with Gasteiger partial charge in [0, 0.05) is 25.9 Å². The minimum atomic E-state index is -0.508. The second-order valence-corrected chi connectivity index (χ2v) is 4.93. The third-order valence-corrected chi connectivity index (χ3v) is 3.21. The summed E-state index contributed by atoms with van der Waals surface area (Å²) in [5.41, 5.74) is 2.06. The van der Waals surface area contributed by atoms with E-state index in [1.165, 1.54) is 10.8 Å². The number of nitrogens with zero attached hydrogens (tertiary/aromatic N) is 4. The van der Waals surface area contributed by atoms with E-state index in [1.54, 1.807) is 6.08 Å². The molecule has 2 rings (SSSR count). The molecule has 0 aliphatic heterocycles. The fourth-order valence-corrected chi connectivity index (χ4v) is 2.04. The van der Waals surface area contributed by atoms with E-state index in [4.69, 9.17) is 5.11 Å². The van der Waals surface area contributed by atoms with E-state index < -0.39 is 4.92 Å². The molecular weight excluding hydrogens is 284 g/mol. The molecule has 2 aromatic rings. The number of aromatic nitrogens is 2. The summed E-state index contributed by atoms with van der Waals surface area (Å²) in [5.74, 6) is 0.314. The molecule has 0 spiro atoms. The van der Waals surface area contributed by atoms with Gasteiger partial charge in [-0.3, -0.25) is 0 Å². The van der Waals surface area contributed by atoms with Crippen molar-refractivity contribution in [3.63, 3.8) is 0 Å². The number of nitro groups is 1. The monoisotopic (exact) mass is 302 g/mol. The van der Waals surface area contributed by atoms with Gasteiger partial charge in [0.05, 0.1) is 6.61 Å². The van der Waals surface area contributed by atoms with Gasteiger partial charge in [-0.15, -0.1) is 0 Å². The van der Waals surface area contributed by atoms with Crippen LogP contribution in [0.1, 0.15) is 11.4 Å². The first kappa shape index (κ1) is 15.7. The van der Waals surface area contributed by atoms with Gasteiger partial charge < -0.3 is 20.1 Å². The van der Waals surface area contributed by atoms with E-state index in [0.29, 0.717) is 5.82 Å². The minimum Gasteiger partial charge on any atom is -0.392 e. The first-order valence-electron chi connectivity index (χ1n) is 6.79. The van der Waals surface area contributed by atoms with E-state index in [-0.39, 0.29) is 19.0 Å².